The molecule has 0 aliphatic carbocycles. The van der Waals surface area contributed by atoms with Crippen LogP contribution in [0.4, 0.5) is 5.69 Å². The Kier molecular flexibility index (Phi) is 4.15. The third kappa shape index (κ3) is 2.79. The number of hydrogen-bond acceptors (Lipinski definition) is 4. The monoisotopic (exact) mass is 248 g/mol. The first-order valence-corrected chi connectivity index (χ1v) is 6.37. The number of pyridine rings is 1. The van der Waals surface area contributed by atoms with Crippen LogP contribution in [-0.4, -0.2) is 36.6 Å². The Labute approximate surface area is 107 Å². The van der Waals surface area contributed by atoms with Gasteiger partial charge in [-0.1, -0.05) is 0 Å². The van der Waals surface area contributed by atoms with E-state index in [1.54, 1.807) is 18.5 Å². The van der Waals surface area contributed by atoms with E-state index < -0.39 is 0 Å². The summed E-state index contributed by atoms with van der Waals surface area (Å²) in [5, 5.41) is 7.60. The second-order valence-electron chi connectivity index (χ2n) is 4.45. The molecular weight excluding hydrogens is 228 g/mol. The van der Waals surface area contributed by atoms with Gasteiger partial charge in [0.15, 0.2) is 0 Å². The number of ether oxygens (including phenoxy) is 1. The highest BCUT2D eigenvalue weighted by Crippen LogP contribution is 2.23. The summed E-state index contributed by atoms with van der Waals surface area (Å²) in [5.74, 6) is 0.0966. The van der Waals surface area contributed by atoms with Gasteiger partial charge >= 0.3 is 0 Å². The topological polar surface area (TPSA) is 75.2 Å². The van der Waals surface area contributed by atoms with Crippen LogP contribution in [-0.2, 0) is 4.74 Å². The fourth-order valence-corrected chi connectivity index (χ4v) is 2.36. The van der Waals surface area contributed by atoms with E-state index in [1.807, 2.05) is 6.92 Å². The van der Waals surface area contributed by atoms with Crippen LogP contribution in [0.1, 0.15) is 25.3 Å². The maximum Gasteiger partial charge on any atom is 0.125 e. The van der Waals surface area contributed by atoms with Crippen LogP contribution in [0, 0.1) is 5.41 Å². The van der Waals surface area contributed by atoms with Gasteiger partial charge in [0.05, 0.1) is 18.0 Å². The zero-order valence-electron chi connectivity index (χ0n) is 10.7. The van der Waals surface area contributed by atoms with Crippen LogP contribution in [0.25, 0.3) is 0 Å². The van der Waals surface area contributed by atoms with Crippen molar-refractivity contribution in [2.24, 2.45) is 5.73 Å². The Bertz CT molecular complexity index is 413. The average molecular weight is 248 g/mol. The van der Waals surface area contributed by atoms with Crippen molar-refractivity contribution >= 4 is 11.5 Å². The molecule has 1 saturated heterocycles. The third-order valence-electron chi connectivity index (χ3n) is 3.28. The Morgan fingerprint density at radius 1 is 1.56 bits per heavy atom. The number of nitrogens with one attached hydrogen (secondary N) is 1. The van der Waals surface area contributed by atoms with E-state index in [1.165, 1.54) is 0 Å². The second kappa shape index (κ2) is 5.82. The molecule has 1 aliphatic heterocycles. The van der Waals surface area contributed by atoms with Crippen molar-refractivity contribution in [1.82, 2.24) is 4.98 Å². The van der Waals surface area contributed by atoms with Crippen LogP contribution in [0.15, 0.2) is 18.5 Å². The van der Waals surface area contributed by atoms with Gasteiger partial charge in [-0.25, -0.2) is 0 Å². The number of anilines is 1. The minimum Gasteiger partial charge on any atom is -0.384 e. The van der Waals surface area contributed by atoms with Crippen molar-refractivity contribution in [3.8, 4) is 0 Å². The summed E-state index contributed by atoms with van der Waals surface area (Å²) < 4.78 is 5.64. The number of hydrogen-bond donors (Lipinski definition) is 2. The maximum atomic E-state index is 7.60. The molecule has 2 heterocycles. The molecule has 0 unspecified atom stereocenters. The number of amidine groups is 1. The molecule has 3 N–H and O–H groups in total. The highest BCUT2D eigenvalue weighted by molar-refractivity contribution is 6.00. The summed E-state index contributed by atoms with van der Waals surface area (Å²) in [7, 11) is 0. The van der Waals surface area contributed by atoms with Crippen LogP contribution >= 0.6 is 0 Å². The van der Waals surface area contributed by atoms with E-state index in [2.05, 4.69) is 9.88 Å². The van der Waals surface area contributed by atoms with Crippen LogP contribution in [0.3, 0.4) is 0 Å². The van der Waals surface area contributed by atoms with Crippen LogP contribution < -0.4 is 10.6 Å². The first kappa shape index (κ1) is 12.8. The van der Waals surface area contributed by atoms with E-state index in [9.17, 15) is 0 Å². The van der Waals surface area contributed by atoms with Gasteiger partial charge in [-0.15, -0.1) is 0 Å². The van der Waals surface area contributed by atoms with E-state index in [0.29, 0.717) is 6.10 Å². The van der Waals surface area contributed by atoms with Gasteiger partial charge in [-0.3, -0.25) is 10.4 Å². The number of nitrogens with two attached hydrogens (primary N) is 1. The summed E-state index contributed by atoms with van der Waals surface area (Å²) in [5.41, 5.74) is 7.32. The molecule has 0 aromatic carbocycles. The number of aromatic nitrogens is 1. The summed E-state index contributed by atoms with van der Waals surface area (Å²) in [4.78, 5) is 6.37. The molecule has 1 aromatic heterocycles. The lowest BCUT2D eigenvalue weighted by atomic mass is 10.1. The van der Waals surface area contributed by atoms with Gasteiger partial charge < -0.3 is 15.4 Å². The van der Waals surface area contributed by atoms with Crippen molar-refractivity contribution in [1.29, 1.82) is 5.41 Å². The van der Waals surface area contributed by atoms with E-state index in [-0.39, 0.29) is 5.84 Å². The standard InChI is InChI=1S/C13H20N4O/c1-2-18-10-4-7-17(8-5-10)12-9-16-6-3-11(12)13(14)15/h3,6,9-10H,2,4-5,7-8H2,1H3,(H3,14,15). The zero-order chi connectivity index (χ0) is 13.0. The van der Waals surface area contributed by atoms with E-state index in [4.69, 9.17) is 15.9 Å². The summed E-state index contributed by atoms with van der Waals surface area (Å²) in [6.07, 6.45) is 5.86. The predicted octanol–water partition coefficient (Wildman–Crippen LogP) is 1.37. The van der Waals surface area contributed by atoms with Crippen LogP contribution in [0.2, 0.25) is 0 Å². The van der Waals surface area contributed by atoms with Gasteiger partial charge in [-0.2, -0.15) is 0 Å². The average Bonchev–Trinajstić information content (AvgIpc) is 2.40. The van der Waals surface area contributed by atoms with E-state index >= 15 is 0 Å². The Hall–Kier alpha value is -1.62. The first-order valence-electron chi connectivity index (χ1n) is 6.37. The molecule has 0 bridgehead atoms. The predicted molar refractivity (Wildman–Crippen MR) is 72.1 cm³/mol. The fraction of sp³-hybridized carbons (Fsp3) is 0.538. The number of piperidine rings is 1. The highest BCUT2D eigenvalue weighted by atomic mass is 16.5. The minimum atomic E-state index is 0.0966. The first-order chi connectivity index (χ1) is 8.72. The summed E-state index contributed by atoms with van der Waals surface area (Å²) >= 11 is 0. The quantitative estimate of drug-likeness (QED) is 0.623. The van der Waals surface area contributed by atoms with Crippen molar-refractivity contribution in [2.45, 2.75) is 25.9 Å². The summed E-state index contributed by atoms with van der Waals surface area (Å²) in [6.45, 7) is 4.66. The Balaban J connectivity index is 2.07. The molecule has 18 heavy (non-hydrogen) atoms. The van der Waals surface area contributed by atoms with Crippen molar-refractivity contribution < 1.29 is 4.74 Å². The Morgan fingerprint density at radius 3 is 2.89 bits per heavy atom. The van der Waals surface area contributed by atoms with Crippen LogP contribution in [0.5, 0.6) is 0 Å². The van der Waals surface area contributed by atoms with Crippen molar-refractivity contribution in [3.05, 3.63) is 24.0 Å². The van der Waals surface area contributed by atoms with Crippen molar-refractivity contribution in [3.63, 3.8) is 0 Å². The lowest BCUT2D eigenvalue weighted by Crippen LogP contribution is -2.38. The largest absolute Gasteiger partial charge is 0.384 e. The Morgan fingerprint density at radius 2 is 2.28 bits per heavy atom. The molecule has 2 rings (SSSR count). The molecule has 1 aromatic rings. The molecule has 0 amide bonds. The highest BCUT2D eigenvalue weighted by Gasteiger charge is 2.21. The van der Waals surface area contributed by atoms with Gasteiger partial charge in [-0.05, 0) is 25.8 Å². The molecule has 1 fully saturated rings. The SMILES string of the molecule is CCOC1CCN(c2cnccc2C(=N)N)CC1. The number of nitrogen functional groups attached to an aromatic ring is 1. The van der Waals surface area contributed by atoms with E-state index in [0.717, 1.165) is 43.8 Å². The number of rotatable bonds is 4. The molecule has 5 heteroatoms. The van der Waals surface area contributed by atoms with Gasteiger partial charge in [0.1, 0.15) is 5.84 Å². The smallest absolute Gasteiger partial charge is 0.125 e. The second-order valence-corrected chi connectivity index (χ2v) is 4.45. The van der Waals surface area contributed by atoms with Crippen molar-refractivity contribution in [2.75, 3.05) is 24.6 Å². The number of nitrogens with zero attached hydrogens (tertiary/aromatic N) is 2. The van der Waals surface area contributed by atoms with Gasteiger partial charge in [0.25, 0.3) is 0 Å². The molecular formula is C13H20N4O. The third-order valence-corrected chi connectivity index (χ3v) is 3.28. The minimum absolute atomic E-state index is 0.0966. The lowest BCUT2D eigenvalue weighted by molar-refractivity contribution is 0.0459. The molecule has 0 radical (unpaired) electrons. The van der Waals surface area contributed by atoms with Gasteiger partial charge in [0, 0.05) is 31.5 Å². The molecule has 98 valence electrons. The molecule has 0 saturated carbocycles. The molecule has 0 atom stereocenters. The normalized spacial score (nSPS) is 16.8. The zero-order valence-corrected chi connectivity index (χ0v) is 10.7. The van der Waals surface area contributed by atoms with Gasteiger partial charge in [0.2, 0.25) is 0 Å². The molecule has 0 spiro atoms. The maximum absolute atomic E-state index is 7.60. The fourth-order valence-electron chi connectivity index (χ4n) is 2.36. The molecule has 1 aliphatic rings. The summed E-state index contributed by atoms with van der Waals surface area (Å²) in [6, 6.07) is 1.80. The lowest BCUT2D eigenvalue weighted by Gasteiger charge is -2.34. The molecule has 5 nitrogen and oxygen atoms in total.